The van der Waals surface area contributed by atoms with E-state index in [2.05, 4.69) is 12.2 Å². The molecule has 1 aliphatic rings. The minimum atomic E-state index is -0.194. The number of carbonyl (C=O) groups is 1. The van der Waals surface area contributed by atoms with Crippen molar-refractivity contribution >= 4 is 11.6 Å². The number of aryl methyl sites for hydroxylation is 1. The largest absolute Gasteiger partial charge is 0.486 e. The van der Waals surface area contributed by atoms with E-state index in [1.54, 1.807) is 18.2 Å². The number of para-hydroxylation sites is 1. The zero-order valence-electron chi connectivity index (χ0n) is 13.0. The molecule has 0 spiro atoms. The van der Waals surface area contributed by atoms with Crippen LogP contribution < -0.4 is 19.5 Å². The smallest absolute Gasteiger partial charge is 0.262 e. The Bertz CT molecular complexity index is 699. The lowest BCUT2D eigenvalue weighted by atomic mass is 10.1. The van der Waals surface area contributed by atoms with E-state index >= 15 is 0 Å². The molecule has 23 heavy (non-hydrogen) atoms. The molecule has 1 heterocycles. The lowest BCUT2D eigenvalue weighted by molar-refractivity contribution is -0.118. The van der Waals surface area contributed by atoms with E-state index in [4.69, 9.17) is 14.2 Å². The van der Waals surface area contributed by atoms with Gasteiger partial charge in [-0.3, -0.25) is 4.79 Å². The van der Waals surface area contributed by atoms with E-state index < -0.39 is 0 Å². The molecule has 3 rings (SSSR count). The van der Waals surface area contributed by atoms with Crippen LogP contribution in [0.2, 0.25) is 0 Å². The third-order valence-corrected chi connectivity index (χ3v) is 3.56. The number of anilines is 1. The number of ether oxygens (including phenoxy) is 3. The lowest BCUT2D eigenvalue weighted by Crippen LogP contribution is -2.21. The molecule has 2 aromatic carbocycles. The van der Waals surface area contributed by atoms with Crippen molar-refractivity contribution in [2.45, 2.75) is 13.3 Å². The van der Waals surface area contributed by atoms with Crippen molar-refractivity contribution < 1.29 is 19.0 Å². The van der Waals surface area contributed by atoms with Gasteiger partial charge in [-0.25, -0.2) is 0 Å². The highest BCUT2D eigenvalue weighted by molar-refractivity contribution is 5.92. The standard InChI is InChI=1S/C18H19NO4/c1-2-13-5-3-4-6-15(13)19-18(20)12-23-14-7-8-16-17(11-14)22-10-9-21-16/h3-8,11H,2,9-10,12H2,1H3,(H,19,20). The monoisotopic (exact) mass is 313 g/mol. The first-order valence-corrected chi connectivity index (χ1v) is 7.66. The molecule has 0 atom stereocenters. The fourth-order valence-electron chi connectivity index (χ4n) is 2.40. The van der Waals surface area contributed by atoms with Gasteiger partial charge in [-0.2, -0.15) is 0 Å². The molecule has 1 amide bonds. The molecule has 0 fully saturated rings. The van der Waals surface area contributed by atoms with Gasteiger partial charge in [-0.1, -0.05) is 25.1 Å². The van der Waals surface area contributed by atoms with Gasteiger partial charge in [-0.05, 0) is 30.2 Å². The maximum Gasteiger partial charge on any atom is 0.262 e. The number of hydrogen-bond acceptors (Lipinski definition) is 4. The summed E-state index contributed by atoms with van der Waals surface area (Å²) in [5.74, 6) is 1.73. The van der Waals surface area contributed by atoms with Gasteiger partial charge in [0.25, 0.3) is 5.91 Å². The van der Waals surface area contributed by atoms with Crippen LogP contribution in [0.1, 0.15) is 12.5 Å². The minimum Gasteiger partial charge on any atom is -0.486 e. The molecule has 0 unspecified atom stereocenters. The molecule has 0 aromatic heterocycles. The van der Waals surface area contributed by atoms with Crippen molar-refractivity contribution in [1.82, 2.24) is 0 Å². The third kappa shape index (κ3) is 3.74. The van der Waals surface area contributed by atoms with Gasteiger partial charge < -0.3 is 19.5 Å². The van der Waals surface area contributed by atoms with Crippen molar-refractivity contribution in [2.75, 3.05) is 25.1 Å². The van der Waals surface area contributed by atoms with Gasteiger partial charge in [0.1, 0.15) is 19.0 Å². The zero-order valence-corrected chi connectivity index (χ0v) is 13.0. The Balaban J connectivity index is 1.58. The Morgan fingerprint density at radius 3 is 2.74 bits per heavy atom. The molecular formula is C18H19NO4. The second kappa shape index (κ2) is 7.05. The predicted molar refractivity (Wildman–Crippen MR) is 87.4 cm³/mol. The summed E-state index contributed by atoms with van der Waals surface area (Å²) in [4.78, 5) is 12.1. The van der Waals surface area contributed by atoms with Crippen LogP contribution in [0.3, 0.4) is 0 Å². The number of nitrogens with one attached hydrogen (secondary N) is 1. The maximum atomic E-state index is 12.1. The average molecular weight is 313 g/mol. The van der Waals surface area contributed by atoms with E-state index in [1.807, 2.05) is 24.3 Å². The normalized spacial score (nSPS) is 12.6. The van der Waals surface area contributed by atoms with Crippen molar-refractivity contribution in [3.8, 4) is 17.2 Å². The molecule has 5 heteroatoms. The van der Waals surface area contributed by atoms with E-state index in [0.717, 1.165) is 17.7 Å². The zero-order chi connectivity index (χ0) is 16.1. The summed E-state index contributed by atoms with van der Waals surface area (Å²) in [5.41, 5.74) is 1.92. The number of fused-ring (bicyclic) bond motifs is 1. The molecule has 0 bridgehead atoms. The number of benzene rings is 2. The SMILES string of the molecule is CCc1ccccc1NC(=O)COc1ccc2c(c1)OCCO2. The summed E-state index contributed by atoms with van der Waals surface area (Å²) >= 11 is 0. The summed E-state index contributed by atoms with van der Waals surface area (Å²) < 4.78 is 16.5. The van der Waals surface area contributed by atoms with Crippen LogP contribution in [0.25, 0.3) is 0 Å². The van der Waals surface area contributed by atoms with Gasteiger partial charge in [0.15, 0.2) is 18.1 Å². The summed E-state index contributed by atoms with van der Waals surface area (Å²) in [6, 6.07) is 13.0. The van der Waals surface area contributed by atoms with Crippen LogP contribution in [0.4, 0.5) is 5.69 Å². The van der Waals surface area contributed by atoms with E-state index in [-0.39, 0.29) is 12.5 Å². The summed E-state index contributed by atoms with van der Waals surface area (Å²) in [7, 11) is 0. The molecule has 2 aromatic rings. The molecular weight excluding hydrogens is 294 g/mol. The lowest BCUT2D eigenvalue weighted by Gasteiger charge is -2.18. The average Bonchev–Trinajstić information content (AvgIpc) is 2.60. The fourth-order valence-corrected chi connectivity index (χ4v) is 2.40. The van der Waals surface area contributed by atoms with Gasteiger partial charge >= 0.3 is 0 Å². The third-order valence-electron chi connectivity index (χ3n) is 3.56. The van der Waals surface area contributed by atoms with Crippen LogP contribution >= 0.6 is 0 Å². The van der Waals surface area contributed by atoms with Gasteiger partial charge in [0, 0.05) is 11.8 Å². The molecule has 0 saturated heterocycles. The first kappa shape index (κ1) is 15.2. The van der Waals surface area contributed by atoms with E-state index in [1.165, 1.54) is 0 Å². The maximum absolute atomic E-state index is 12.1. The van der Waals surface area contributed by atoms with Gasteiger partial charge in [0.2, 0.25) is 0 Å². The van der Waals surface area contributed by atoms with Crippen LogP contribution in [0, 0.1) is 0 Å². The van der Waals surface area contributed by atoms with E-state index in [0.29, 0.717) is 30.5 Å². The molecule has 0 radical (unpaired) electrons. The number of carbonyl (C=O) groups excluding carboxylic acids is 1. The number of rotatable bonds is 5. The summed E-state index contributed by atoms with van der Waals surface area (Å²) in [5, 5.41) is 2.87. The quantitative estimate of drug-likeness (QED) is 0.922. The van der Waals surface area contributed by atoms with Crippen LogP contribution in [-0.2, 0) is 11.2 Å². The highest BCUT2D eigenvalue weighted by atomic mass is 16.6. The van der Waals surface area contributed by atoms with Gasteiger partial charge in [-0.15, -0.1) is 0 Å². The van der Waals surface area contributed by atoms with Crippen molar-refractivity contribution in [1.29, 1.82) is 0 Å². The van der Waals surface area contributed by atoms with Crippen molar-refractivity contribution in [3.05, 3.63) is 48.0 Å². The van der Waals surface area contributed by atoms with Crippen LogP contribution in [0.5, 0.6) is 17.2 Å². The van der Waals surface area contributed by atoms with E-state index in [9.17, 15) is 4.79 Å². The van der Waals surface area contributed by atoms with Crippen molar-refractivity contribution in [3.63, 3.8) is 0 Å². The minimum absolute atomic E-state index is 0.0578. The highest BCUT2D eigenvalue weighted by Crippen LogP contribution is 2.33. The summed E-state index contributed by atoms with van der Waals surface area (Å²) in [6.07, 6.45) is 0.861. The first-order valence-electron chi connectivity index (χ1n) is 7.66. The Morgan fingerprint density at radius 1 is 1.13 bits per heavy atom. The van der Waals surface area contributed by atoms with Gasteiger partial charge in [0.05, 0.1) is 0 Å². The molecule has 1 N–H and O–H groups in total. The molecule has 1 aliphatic heterocycles. The van der Waals surface area contributed by atoms with Crippen LogP contribution in [-0.4, -0.2) is 25.7 Å². The Kier molecular flexibility index (Phi) is 4.66. The second-order valence-corrected chi connectivity index (χ2v) is 5.15. The first-order chi connectivity index (χ1) is 11.3. The van der Waals surface area contributed by atoms with Crippen LogP contribution in [0.15, 0.2) is 42.5 Å². The number of amides is 1. The molecule has 5 nitrogen and oxygen atoms in total. The fraction of sp³-hybridized carbons (Fsp3) is 0.278. The predicted octanol–water partition coefficient (Wildman–Crippen LogP) is 3.04. The van der Waals surface area contributed by atoms with Crippen molar-refractivity contribution in [2.24, 2.45) is 0 Å². The molecule has 120 valence electrons. The molecule has 0 saturated carbocycles. The Hall–Kier alpha value is -2.69. The number of hydrogen-bond donors (Lipinski definition) is 1. The highest BCUT2D eigenvalue weighted by Gasteiger charge is 2.13. The second-order valence-electron chi connectivity index (χ2n) is 5.15. The topological polar surface area (TPSA) is 56.8 Å². The summed E-state index contributed by atoms with van der Waals surface area (Å²) in [6.45, 7) is 3.06. The Labute approximate surface area is 135 Å². The Morgan fingerprint density at radius 2 is 1.91 bits per heavy atom. The molecule has 0 aliphatic carbocycles.